The van der Waals surface area contributed by atoms with Crippen LogP contribution in [-0.4, -0.2) is 0 Å². The van der Waals surface area contributed by atoms with Gasteiger partial charge in [0, 0.05) is 0 Å². The second-order valence-corrected chi connectivity index (χ2v) is 7.10. The van der Waals surface area contributed by atoms with Crippen LogP contribution in [0.3, 0.4) is 0 Å². The van der Waals surface area contributed by atoms with Crippen LogP contribution < -0.4 is 0 Å². The Labute approximate surface area is 149 Å². The van der Waals surface area contributed by atoms with Crippen LogP contribution in [0.15, 0.2) is 60.7 Å². The zero-order chi connectivity index (χ0) is 17.0. The van der Waals surface area contributed by atoms with Crippen LogP contribution in [0, 0.1) is 0 Å². The molecule has 0 aliphatic heterocycles. The van der Waals surface area contributed by atoms with Crippen molar-refractivity contribution in [2.24, 2.45) is 0 Å². The molecule has 0 saturated heterocycles. The molecule has 0 nitrogen and oxygen atoms in total. The Morgan fingerprint density at radius 2 is 1.20 bits per heavy atom. The molecule has 0 aromatic heterocycles. The average Bonchev–Trinajstić information content (AvgIpc) is 3.02. The van der Waals surface area contributed by atoms with Gasteiger partial charge < -0.3 is 0 Å². The first-order valence-electron chi connectivity index (χ1n) is 9.39. The van der Waals surface area contributed by atoms with Gasteiger partial charge in [0.05, 0.1) is 0 Å². The summed E-state index contributed by atoms with van der Waals surface area (Å²) in [5, 5.41) is 5.78. The van der Waals surface area contributed by atoms with E-state index in [1.54, 1.807) is 0 Å². The SMILES string of the molecule is CCc1c2ccccc2c(CC)c2cc3c(cc12)Cc1ccccc1-3. The van der Waals surface area contributed by atoms with E-state index in [-0.39, 0.29) is 0 Å². The van der Waals surface area contributed by atoms with Crippen molar-refractivity contribution in [3.05, 3.63) is 82.9 Å². The molecular weight excluding hydrogens is 300 g/mol. The highest BCUT2D eigenvalue weighted by Crippen LogP contribution is 2.42. The molecule has 0 amide bonds. The highest BCUT2D eigenvalue weighted by Gasteiger charge is 2.21. The molecule has 122 valence electrons. The number of aryl methyl sites for hydroxylation is 2. The second kappa shape index (κ2) is 5.46. The van der Waals surface area contributed by atoms with Crippen molar-refractivity contribution in [1.29, 1.82) is 0 Å². The van der Waals surface area contributed by atoms with E-state index in [0.29, 0.717) is 0 Å². The summed E-state index contributed by atoms with van der Waals surface area (Å²) in [6, 6.07) is 22.8. The van der Waals surface area contributed by atoms with Gasteiger partial charge in [-0.1, -0.05) is 62.4 Å². The van der Waals surface area contributed by atoms with Crippen molar-refractivity contribution < 1.29 is 0 Å². The van der Waals surface area contributed by atoms with E-state index in [9.17, 15) is 0 Å². The zero-order valence-corrected chi connectivity index (χ0v) is 14.9. The Balaban J connectivity index is 1.95. The van der Waals surface area contributed by atoms with Crippen LogP contribution in [0.2, 0.25) is 0 Å². The van der Waals surface area contributed by atoms with Crippen LogP contribution in [0.25, 0.3) is 32.7 Å². The molecule has 1 aliphatic carbocycles. The molecule has 0 bridgehead atoms. The Morgan fingerprint density at radius 3 is 1.88 bits per heavy atom. The molecule has 1 aliphatic rings. The molecule has 25 heavy (non-hydrogen) atoms. The summed E-state index contributed by atoms with van der Waals surface area (Å²) in [6.07, 6.45) is 3.22. The Kier molecular flexibility index (Phi) is 3.21. The maximum absolute atomic E-state index is 2.48. The molecule has 0 heterocycles. The predicted octanol–water partition coefficient (Wildman–Crippen LogP) is 6.69. The minimum Gasteiger partial charge on any atom is -0.0619 e. The molecule has 0 heteroatoms. The van der Waals surface area contributed by atoms with Crippen LogP contribution in [0.4, 0.5) is 0 Å². The van der Waals surface area contributed by atoms with Crippen LogP contribution >= 0.6 is 0 Å². The highest BCUT2D eigenvalue weighted by molar-refractivity contribution is 6.07. The van der Waals surface area contributed by atoms with E-state index in [2.05, 4.69) is 74.5 Å². The quantitative estimate of drug-likeness (QED) is 0.318. The largest absolute Gasteiger partial charge is 0.0619 e. The summed E-state index contributed by atoms with van der Waals surface area (Å²) in [7, 11) is 0. The summed E-state index contributed by atoms with van der Waals surface area (Å²) in [4.78, 5) is 0. The molecule has 4 aromatic carbocycles. The van der Waals surface area contributed by atoms with Gasteiger partial charge in [-0.2, -0.15) is 0 Å². The van der Waals surface area contributed by atoms with E-state index in [1.165, 1.54) is 54.9 Å². The maximum atomic E-state index is 2.48. The number of fused-ring (bicyclic) bond motifs is 5. The van der Waals surface area contributed by atoms with Gasteiger partial charge in [-0.3, -0.25) is 0 Å². The molecule has 0 spiro atoms. The Hall–Kier alpha value is -2.60. The van der Waals surface area contributed by atoms with Crippen LogP contribution in [0.5, 0.6) is 0 Å². The lowest BCUT2D eigenvalue weighted by Gasteiger charge is -2.17. The fraction of sp³-hybridized carbons (Fsp3) is 0.200. The Bertz CT molecular complexity index is 1130. The van der Waals surface area contributed by atoms with Crippen LogP contribution in [0.1, 0.15) is 36.1 Å². The van der Waals surface area contributed by atoms with E-state index in [1.807, 2.05) is 0 Å². The van der Waals surface area contributed by atoms with E-state index in [0.717, 1.165) is 19.3 Å². The first-order valence-corrected chi connectivity index (χ1v) is 9.39. The lowest BCUT2D eigenvalue weighted by atomic mass is 9.87. The summed E-state index contributed by atoms with van der Waals surface area (Å²) >= 11 is 0. The highest BCUT2D eigenvalue weighted by atomic mass is 14.2. The predicted molar refractivity (Wildman–Crippen MR) is 108 cm³/mol. The maximum Gasteiger partial charge on any atom is -0.00132 e. The molecule has 0 saturated carbocycles. The van der Waals surface area contributed by atoms with E-state index >= 15 is 0 Å². The Morgan fingerprint density at radius 1 is 0.600 bits per heavy atom. The minimum atomic E-state index is 1.07. The van der Waals surface area contributed by atoms with E-state index in [4.69, 9.17) is 0 Å². The monoisotopic (exact) mass is 322 g/mol. The summed E-state index contributed by atoms with van der Waals surface area (Å²) in [5.41, 5.74) is 8.81. The summed E-state index contributed by atoms with van der Waals surface area (Å²) < 4.78 is 0. The van der Waals surface area contributed by atoms with Gasteiger partial charge in [0.15, 0.2) is 0 Å². The molecule has 0 N–H and O–H groups in total. The summed E-state index contributed by atoms with van der Waals surface area (Å²) in [5.74, 6) is 0. The first kappa shape index (κ1) is 14.7. The van der Waals surface area contributed by atoms with Gasteiger partial charge >= 0.3 is 0 Å². The van der Waals surface area contributed by atoms with Crippen molar-refractivity contribution in [2.75, 3.05) is 0 Å². The fourth-order valence-electron chi connectivity index (χ4n) is 4.74. The fourth-order valence-corrected chi connectivity index (χ4v) is 4.74. The van der Waals surface area contributed by atoms with Gasteiger partial charge in [0.2, 0.25) is 0 Å². The second-order valence-electron chi connectivity index (χ2n) is 7.10. The van der Waals surface area contributed by atoms with Crippen molar-refractivity contribution >= 4 is 21.5 Å². The molecule has 0 fully saturated rings. The topological polar surface area (TPSA) is 0 Å². The zero-order valence-electron chi connectivity index (χ0n) is 14.9. The third-order valence-electron chi connectivity index (χ3n) is 5.87. The number of rotatable bonds is 2. The van der Waals surface area contributed by atoms with Gasteiger partial charge in [-0.25, -0.2) is 0 Å². The van der Waals surface area contributed by atoms with Gasteiger partial charge in [0.1, 0.15) is 0 Å². The average molecular weight is 322 g/mol. The third-order valence-corrected chi connectivity index (χ3v) is 5.87. The smallest absolute Gasteiger partial charge is 0.00132 e. The normalized spacial score (nSPS) is 12.6. The molecular formula is C25H22. The molecule has 5 rings (SSSR count). The molecule has 4 aromatic rings. The lowest BCUT2D eigenvalue weighted by molar-refractivity contribution is 1.15. The molecule has 0 atom stereocenters. The molecule has 0 radical (unpaired) electrons. The van der Waals surface area contributed by atoms with E-state index < -0.39 is 0 Å². The van der Waals surface area contributed by atoms with Gasteiger partial charge in [-0.15, -0.1) is 0 Å². The molecule has 0 unspecified atom stereocenters. The van der Waals surface area contributed by atoms with Gasteiger partial charge in [0.25, 0.3) is 0 Å². The van der Waals surface area contributed by atoms with Crippen molar-refractivity contribution in [2.45, 2.75) is 33.1 Å². The van der Waals surface area contributed by atoms with Crippen molar-refractivity contribution in [3.8, 4) is 11.1 Å². The minimum absolute atomic E-state index is 1.07. The summed E-state index contributed by atoms with van der Waals surface area (Å²) in [6.45, 7) is 4.57. The number of benzene rings is 4. The van der Waals surface area contributed by atoms with Crippen molar-refractivity contribution in [3.63, 3.8) is 0 Å². The van der Waals surface area contributed by atoms with Gasteiger partial charge in [-0.05, 0) is 86.3 Å². The van der Waals surface area contributed by atoms with Crippen LogP contribution in [-0.2, 0) is 19.3 Å². The lowest BCUT2D eigenvalue weighted by Crippen LogP contribution is -1.95. The van der Waals surface area contributed by atoms with Crippen molar-refractivity contribution in [1.82, 2.24) is 0 Å². The first-order chi connectivity index (χ1) is 12.3. The third kappa shape index (κ3) is 2.00. The number of hydrogen-bond donors (Lipinski definition) is 0. The number of hydrogen-bond acceptors (Lipinski definition) is 0. The standard InChI is InChI=1S/C25H22/c1-3-18-21-11-7-8-12-22(21)19(4-2)25-15-23-17(14-24(18)25)13-16-9-5-6-10-20(16)23/h5-12,14-15H,3-4,13H2,1-2H3.